The van der Waals surface area contributed by atoms with E-state index in [2.05, 4.69) is 63.2 Å². The molecule has 3 heterocycles. The third-order valence-corrected chi connectivity index (χ3v) is 5.59. The van der Waals surface area contributed by atoms with Crippen LogP contribution in [-0.2, 0) is 0 Å². The molecule has 1 N–H and O–H groups in total. The lowest BCUT2D eigenvalue weighted by Crippen LogP contribution is -2.44. The van der Waals surface area contributed by atoms with Crippen molar-refractivity contribution in [1.29, 1.82) is 0 Å². The van der Waals surface area contributed by atoms with Crippen LogP contribution in [0.15, 0.2) is 36.5 Å². The van der Waals surface area contributed by atoms with Crippen LogP contribution < -0.4 is 15.1 Å². The van der Waals surface area contributed by atoms with Crippen LogP contribution in [0.1, 0.15) is 19.8 Å². The number of piperidine rings is 1. The summed E-state index contributed by atoms with van der Waals surface area (Å²) in [5, 5.41) is 3.43. The van der Waals surface area contributed by atoms with Gasteiger partial charge in [0.15, 0.2) is 0 Å². The van der Waals surface area contributed by atoms with Crippen molar-refractivity contribution >= 4 is 23.1 Å². The van der Waals surface area contributed by atoms with Gasteiger partial charge in [0.2, 0.25) is 5.95 Å². The molecule has 2 saturated heterocycles. The van der Waals surface area contributed by atoms with Crippen LogP contribution in [0.3, 0.4) is 0 Å². The number of hydrogen-bond donors (Lipinski definition) is 1. The van der Waals surface area contributed by atoms with E-state index in [-0.39, 0.29) is 0 Å². The summed E-state index contributed by atoms with van der Waals surface area (Å²) in [4.78, 5) is 16.3. The van der Waals surface area contributed by atoms with Crippen LogP contribution in [0, 0.1) is 5.92 Å². The second-order valence-electron chi connectivity index (χ2n) is 7.90. The molecule has 0 amide bonds. The molecular formula is C21H30N6. The number of anilines is 4. The van der Waals surface area contributed by atoms with Gasteiger partial charge in [-0.1, -0.05) is 6.92 Å². The van der Waals surface area contributed by atoms with Gasteiger partial charge in [0.1, 0.15) is 5.82 Å². The van der Waals surface area contributed by atoms with Crippen molar-refractivity contribution in [2.24, 2.45) is 5.92 Å². The number of nitrogens with one attached hydrogen (secondary N) is 1. The molecule has 27 heavy (non-hydrogen) atoms. The first-order valence-corrected chi connectivity index (χ1v) is 10.1. The molecule has 144 valence electrons. The Bertz CT molecular complexity index is 739. The van der Waals surface area contributed by atoms with Gasteiger partial charge in [0.05, 0.1) is 0 Å². The van der Waals surface area contributed by atoms with Gasteiger partial charge in [-0.15, -0.1) is 0 Å². The van der Waals surface area contributed by atoms with E-state index in [0.29, 0.717) is 5.92 Å². The summed E-state index contributed by atoms with van der Waals surface area (Å²) in [6.45, 7) is 8.82. The standard InChI is InChI=1S/C21H30N6/c1-17-4-3-11-27(16-17)21-22-10-9-20(24-21)23-18-5-7-19(8-6-18)26-14-12-25(2)13-15-26/h5-10,17H,3-4,11-16H2,1-2H3,(H,22,23,24). The van der Waals surface area contributed by atoms with Crippen LogP contribution in [0.5, 0.6) is 0 Å². The Hall–Kier alpha value is -2.34. The van der Waals surface area contributed by atoms with Crippen molar-refractivity contribution in [2.45, 2.75) is 19.8 Å². The minimum absolute atomic E-state index is 0.709. The molecule has 0 aliphatic carbocycles. The molecule has 2 aliphatic heterocycles. The van der Waals surface area contributed by atoms with E-state index in [1.165, 1.54) is 18.5 Å². The van der Waals surface area contributed by atoms with E-state index in [1.807, 2.05) is 12.3 Å². The van der Waals surface area contributed by atoms with Crippen molar-refractivity contribution < 1.29 is 0 Å². The van der Waals surface area contributed by atoms with Crippen LogP contribution in [0.25, 0.3) is 0 Å². The first kappa shape index (κ1) is 18.0. The molecule has 4 rings (SSSR count). The normalized spacial score (nSPS) is 21.3. The van der Waals surface area contributed by atoms with Gasteiger partial charge in [-0.05, 0) is 56.1 Å². The zero-order chi connectivity index (χ0) is 18.6. The number of piperazine rings is 1. The van der Waals surface area contributed by atoms with Crippen molar-refractivity contribution in [2.75, 3.05) is 61.4 Å². The summed E-state index contributed by atoms with van der Waals surface area (Å²) in [5.41, 5.74) is 2.35. The molecule has 2 aliphatic rings. The zero-order valence-electron chi connectivity index (χ0n) is 16.4. The Morgan fingerprint density at radius 3 is 2.48 bits per heavy atom. The smallest absolute Gasteiger partial charge is 0.227 e. The molecule has 2 aromatic rings. The summed E-state index contributed by atoms with van der Waals surface area (Å²) < 4.78 is 0. The Morgan fingerprint density at radius 1 is 0.963 bits per heavy atom. The molecule has 2 fully saturated rings. The molecule has 6 heteroatoms. The lowest BCUT2D eigenvalue weighted by molar-refractivity contribution is 0.313. The number of rotatable bonds is 4. The molecule has 6 nitrogen and oxygen atoms in total. The van der Waals surface area contributed by atoms with Crippen LogP contribution in [0.2, 0.25) is 0 Å². The average molecular weight is 367 g/mol. The maximum Gasteiger partial charge on any atom is 0.227 e. The van der Waals surface area contributed by atoms with Crippen LogP contribution in [0.4, 0.5) is 23.1 Å². The largest absolute Gasteiger partial charge is 0.369 e. The summed E-state index contributed by atoms with van der Waals surface area (Å²) in [6.07, 6.45) is 4.37. The van der Waals surface area contributed by atoms with Gasteiger partial charge in [0.25, 0.3) is 0 Å². The van der Waals surface area contributed by atoms with Gasteiger partial charge in [-0.2, -0.15) is 4.98 Å². The van der Waals surface area contributed by atoms with Crippen molar-refractivity contribution in [3.05, 3.63) is 36.5 Å². The minimum Gasteiger partial charge on any atom is -0.369 e. The first-order valence-electron chi connectivity index (χ1n) is 10.1. The van der Waals surface area contributed by atoms with Crippen molar-refractivity contribution in [1.82, 2.24) is 14.9 Å². The summed E-state index contributed by atoms with van der Waals surface area (Å²) in [7, 11) is 2.19. The highest BCUT2D eigenvalue weighted by Crippen LogP contribution is 2.24. The van der Waals surface area contributed by atoms with Gasteiger partial charge < -0.3 is 20.0 Å². The molecular weight excluding hydrogens is 336 g/mol. The second kappa shape index (κ2) is 8.13. The number of hydrogen-bond acceptors (Lipinski definition) is 6. The summed E-state index contributed by atoms with van der Waals surface area (Å²) >= 11 is 0. The van der Waals surface area contributed by atoms with Gasteiger partial charge in [-0.3, -0.25) is 0 Å². The fourth-order valence-electron chi connectivity index (χ4n) is 3.91. The van der Waals surface area contributed by atoms with E-state index in [4.69, 9.17) is 4.98 Å². The van der Waals surface area contributed by atoms with E-state index in [1.54, 1.807) is 0 Å². The molecule has 1 unspecified atom stereocenters. The van der Waals surface area contributed by atoms with E-state index >= 15 is 0 Å². The Balaban J connectivity index is 1.41. The summed E-state index contributed by atoms with van der Waals surface area (Å²) in [6, 6.07) is 10.6. The van der Waals surface area contributed by atoms with Crippen molar-refractivity contribution in [3.8, 4) is 0 Å². The maximum atomic E-state index is 4.73. The predicted molar refractivity (Wildman–Crippen MR) is 112 cm³/mol. The minimum atomic E-state index is 0.709. The van der Waals surface area contributed by atoms with E-state index < -0.39 is 0 Å². The summed E-state index contributed by atoms with van der Waals surface area (Å²) in [5.74, 6) is 2.40. The lowest BCUT2D eigenvalue weighted by atomic mass is 10.0. The number of nitrogens with zero attached hydrogens (tertiary/aromatic N) is 5. The average Bonchev–Trinajstić information content (AvgIpc) is 2.70. The first-order chi connectivity index (χ1) is 13.2. The molecule has 0 spiro atoms. The quantitative estimate of drug-likeness (QED) is 0.897. The SMILES string of the molecule is CC1CCCN(c2nccc(Nc3ccc(N4CCN(C)CC4)cc3)n2)C1. The van der Waals surface area contributed by atoms with Gasteiger partial charge in [-0.25, -0.2) is 4.98 Å². The molecule has 1 atom stereocenters. The van der Waals surface area contributed by atoms with Crippen molar-refractivity contribution in [3.63, 3.8) is 0 Å². The fourth-order valence-corrected chi connectivity index (χ4v) is 3.91. The molecule has 0 bridgehead atoms. The molecule has 0 saturated carbocycles. The fraction of sp³-hybridized carbons (Fsp3) is 0.524. The number of likely N-dealkylation sites (N-methyl/N-ethyl adjacent to an activating group) is 1. The Labute approximate surface area is 162 Å². The molecule has 0 radical (unpaired) electrons. The van der Waals surface area contributed by atoms with E-state index in [9.17, 15) is 0 Å². The Kier molecular flexibility index (Phi) is 5.43. The Morgan fingerprint density at radius 2 is 1.74 bits per heavy atom. The van der Waals surface area contributed by atoms with Crippen LogP contribution >= 0.6 is 0 Å². The molecule has 1 aromatic carbocycles. The number of benzene rings is 1. The highest BCUT2D eigenvalue weighted by Gasteiger charge is 2.19. The monoisotopic (exact) mass is 366 g/mol. The topological polar surface area (TPSA) is 47.5 Å². The van der Waals surface area contributed by atoms with Crippen LogP contribution in [-0.4, -0.2) is 61.2 Å². The number of aromatic nitrogens is 2. The third kappa shape index (κ3) is 4.50. The highest BCUT2D eigenvalue weighted by atomic mass is 15.3. The second-order valence-corrected chi connectivity index (χ2v) is 7.90. The highest BCUT2D eigenvalue weighted by molar-refractivity contribution is 5.61. The lowest BCUT2D eigenvalue weighted by Gasteiger charge is -2.34. The van der Waals surface area contributed by atoms with Gasteiger partial charge >= 0.3 is 0 Å². The molecule has 1 aromatic heterocycles. The van der Waals surface area contributed by atoms with E-state index in [0.717, 1.165) is 56.7 Å². The maximum absolute atomic E-state index is 4.73. The van der Waals surface area contributed by atoms with Gasteiger partial charge in [0, 0.05) is 56.8 Å². The predicted octanol–water partition coefficient (Wildman–Crippen LogP) is 3.21. The zero-order valence-corrected chi connectivity index (χ0v) is 16.4. The third-order valence-electron chi connectivity index (χ3n) is 5.59.